The van der Waals surface area contributed by atoms with E-state index in [0.717, 1.165) is 12.1 Å². The van der Waals surface area contributed by atoms with Gasteiger partial charge in [-0.25, -0.2) is 4.79 Å². The van der Waals surface area contributed by atoms with E-state index in [4.69, 9.17) is 0 Å². The van der Waals surface area contributed by atoms with Gasteiger partial charge in [-0.3, -0.25) is 45.2 Å². The topological polar surface area (TPSA) is 217 Å². The van der Waals surface area contributed by atoms with Crippen LogP contribution in [0, 0.1) is 30.3 Å². The van der Waals surface area contributed by atoms with Crippen molar-refractivity contribution in [3.63, 3.8) is 0 Å². The van der Waals surface area contributed by atoms with Crippen LogP contribution in [0.4, 0.5) is 21.9 Å². The van der Waals surface area contributed by atoms with Crippen molar-refractivity contribution >= 4 is 34.9 Å². The molecule has 2 unspecified atom stereocenters. The van der Waals surface area contributed by atoms with Gasteiger partial charge >= 0.3 is 18.0 Å². The number of nitro groups is 3. The maximum Gasteiger partial charge on any atom is 0.322 e. The predicted molar refractivity (Wildman–Crippen MR) is 79.6 cm³/mol. The molecule has 0 aromatic heterocycles. The highest BCUT2D eigenvalue weighted by molar-refractivity contribution is 6.08. The number of non-ortho nitro benzene ring substituents is 1. The Bertz CT molecular complexity index is 853. The molecule has 15 heteroatoms. The number of rotatable bonds is 5. The van der Waals surface area contributed by atoms with Gasteiger partial charge in [0.25, 0.3) is 17.3 Å². The van der Waals surface area contributed by atoms with Crippen LogP contribution in [0.3, 0.4) is 0 Å². The van der Waals surface area contributed by atoms with Crippen molar-refractivity contribution in [2.75, 3.05) is 5.32 Å². The maximum absolute atomic E-state index is 12.2. The zero-order valence-electron chi connectivity index (χ0n) is 12.4. The molecule has 1 heterocycles. The molecular formula is C11H8N6O9. The summed E-state index contributed by atoms with van der Waals surface area (Å²) in [4.78, 5) is 64.6. The van der Waals surface area contributed by atoms with Gasteiger partial charge < -0.3 is 10.6 Å². The van der Waals surface area contributed by atoms with E-state index < -0.39 is 61.8 Å². The standard InChI is InChI=1S/C11H8N6O9/c18-9(7-8(17(25)26)10(19)14-11(20)13-7)12-5-2-1-4(15(21)22)3-6(5)16(23)24/h1-3,7-8H,(H,12,18)(H2,13,14,19,20). The highest BCUT2D eigenvalue weighted by atomic mass is 16.6. The summed E-state index contributed by atoms with van der Waals surface area (Å²) in [5.74, 6) is -2.62. The molecule has 2 rings (SSSR count). The van der Waals surface area contributed by atoms with Crippen LogP contribution < -0.4 is 16.0 Å². The molecule has 0 saturated carbocycles. The molecule has 0 aliphatic carbocycles. The lowest BCUT2D eigenvalue weighted by Gasteiger charge is -2.24. The minimum absolute atomic E-state index is 0.507. The summed E-state index contributed by atoms with van der Waals surface area (Å²) < 4.78 is 0. The average Bonchev–Trinajstić information content (AvgIpc) is 2.53. The third-order valence-electron chi connectivity index (χ3n) is 3.26. The number of urea groups is 1. The van der Waals surface area contributed by atoms with Gasteiger partial charge in [-0.05, 0) is 6.07 Å². The molecule has 0 spiro atoms. The van der Waals surface area contributed by atoms with E-state index in [9.17, 15) is 44.7 Å². The highest BCUT2D eigenvalue weighted by Crippen LogP contribution is 2.29. The van der Waals surface area contributed by atoms with E-state index >= 15 is 0 Å². The average molecular weight is 368 g/mol. The van der Waals surface area contributed by atoms with Crippen molar-refractivity contribution in [3.8, 4) is 0 Å². The van der Waals surface area contributed by atoms with E-state index in [1.165, 1.54) is 0 Å². The molecule has 1 aromatic rings. The summed E-state index contributed by atoms with van der Waals surface area (Å²) >= 11 is 0. The quantitative estimate of drug-likeness (QED) is 0.441. The first-order chi connectivity index (χ1) is 12.1. The minimum atomic E-state index is -2.16. The van der Waals surface area contributed by atoms with Gasteiger partial charge in [0.1, 0.15) is 5.69 Å². The Morgan fingerprint density at radius 1 is 1.08 bits per heavy atom. The van der Waals surface area contributed by atoms with Gasteiger partial charge in [-0.1, -0.05) is 0 Å². The molecule has 1 aliphatic rings. The summed E-state index contributed by atoms with van der Waals surface area (Å²) in [6.07, 6.45) is 0. The zero-order valence-corrected chi connectivity index (χ0v) is 12.4. The Balaban J connectivity index is 2.35. The monoisotopic (exact) mass is 368 g/mol. The summed E-state index contributed by atoms with van der Waals surface area (Å²) in [5, 5.41) is 38.1. The first-order valence-electron chi connectivity index (χ1n) is 6.60. The lowest BCUT2D eigenvalue weighted by molar-refractivity contribution is -0.509. The Morgan fingerprint density at radius 2 is 1.73 bits per heavy atom. The Labute approximate surface area is 141 Å². The van der Waals surface area contributed by atoms with Crippen molar-refractivity contribution in [1.29, 1.82) is 0 Å². The van der Waals surface area contributed by atoms with Crippen LogP contribution in [0.5, 0.6) is 0 Å². The summed E-state index contributed by atoms with van der Waals surface area (Å²) in [5.41, 5.74) is -1.98. The SMILES string of the molecule is O=C1NC(=O)C([N+](=O)[O-])C(C(=O)Nc2ccc([N+](=O)[O-])cc2[N+](=O)[O-])N1. The number of nitro benzene ring substituents is 2. The van der Waals surface area contributed by atoms with Crippen LogP contribution >= 0.6 is 0 Å². The van der Waals surface area contributed by atoms with Crippen LogP contribution in [0.15, 0.2) is 18.2 Å². The predicted octanol–water partition coefficient (Wildman–Crippen LogP) is -0.705. The molecule has 15 nitrogen and oxygen atoms in total. The van der Waals surface area contributed by atoms with Crippen molar-refractivity contribution in [1.82, 2.24) is 10.6 Å². The van der Waals surface area contributed by atoms with Crippen molar-refractivity contribution < 1.29 is 29.2 Å². The number of imide groups is 1. The van der Waals surface area contributed by atoms with Crippen molar-refractivity contribution in [2.45, 2.75) is 12.1 Å². The molecular weight excluding hydrogens is 360 g/mol. The van der Waals surface area contributed by atoms with Gasteiger partial charge in [-0.15, -0.1) is 0 Å². The number of nitrogens with zero attached hydrogens (tertiary/aromatic N) is 3. The fourth-order valence-electron chi connectivity index (χ4n) is 2.12. The number of anilines is 1. The van der Waals surface area contributed by atoms with Crippen LogP contribution in [0.25, 0.3) is 0 Å². The minimum Gasteiger partial charge on any atom is -0.319 e. The van der Waals surface area contributed by atoms with Crippen molar-refractivity contribution in [3.05, 3.63) is 48.5 Å². The molecule has 1 saturated heterocycles. The molecule has 3 N–H and O–H groups in total. The zero-order chi connectivity index (χ0) is 19.6. The second-order valence-corrected chi connectivity index (χ2v) is 4.88. The number of benzene rings is 1. The van der Waals surface area contributed by atoms with Crippen LogP contribution in [0.2, 0.25) is 0 Å². The maximum atomic E-state index is 12.2. The normalized spacial score (nSPS) is 19.1. The molecule has 1 aromatic carbocycles. The first-order valence-corrected chi connectivity index (χ1v) is 6.60. The molecule has 0 bridgehead atoms. The second-order valence-electron chi connectivity index (χ2n) is 4.88. The second kappa shape index (κ2) is 6.75. The van der Waals surface area contributed by atoms with Gasteiger partial charge in [0, 0.05) is 11.0 Å². The number of carbonyl (C=O) groups is 3. The lowest BCUT2D eigenvalue weighted by atomic mass is 10.1. The third kappa shape index (κ3) is 3.50. The number of hydrogen-bond donors (Lipinski definition) is 3. The highest BCUT2D eigenvalue weighted by Gasteiger charge is 2.48. The van der Waals surface area contributed by atoms with E-state index in [1.54, 1.807) is 5.32 Å². The number of nitrogens with one attached hydrogen (secondary N) is 3. The van der Waals surface area contributed by atoms with E-state index in [0.29, 0.717) is 6.07 Å². The lowest BCUT2D eigenvalue weighted by Crippen LogP contribution is -2.67. The Morgan fingerprint density at radius 3 is 2.27 bits per heavy atom. The first kappa shape index (κ1) is 18.2. The molecule has 1 fully saturated rings. The Hall–Kier alpha value is -4.17. The van der Waals surface area contributed by atoms with Crippen LogP contribution in [-0.2, 0) is 9.59 Å². The number of hydrogen-bond acceptors (Lipinski definition) is 9. The molecule has 26 heavy (non-hydrogen) atoms. The summed E-state index contributed by atoms with van der Waals surface area (Å²) in [7, 11) is 0. The Kier molecular flexibility index (Phi) is 4.72. The molecule has 1 aliphatic heterocycles. The molecule has 0 radical (unpaired) electrons. The fraction of sp³-hybridized carbons (Fsp3) is 0.182. The molecule has 4 amide bonds. The van der Waals surface area contributed by atoms with Crippen molar-refractivity contribution in [2.24, 2.45) is 0 Å². The summed E-state index contributed by atoms with van der Waals surface area (Å²) in [6.45, 7) is 0. The van der Waals surface area contributed by atoms with E-state index in [-0.39, 0.29) is 0 Å². The molecule has 136 valence electrons. The number of carbonyl (C=O) groups excluding carboxylic acids is 3. The van der Waals surface area contributed by atoms with Crippen LogP contribution in [0.1, 0.15) is 0 Å². The third-order valence-corrected chi connectivity index (χ3v) is 3.26. The van der Waals surface area contributed by atoms with Crippen LogP contribution in [-0.4, -0.2) is 44.7 Å². The van der Waals surface area contributed by atoms with Gasteiger partial charge in [-0.2, -0.15) is 0 Å². The largest absolute Gasteiger partial charge is 0.322 e. The summed E-state index contributed by atoms with van der Waals surface area (Å²) in [6, 6.07) is -2.98. The van der Waals surface area contributed by atoms with E-state index in [2.05, 4.69) is 0 Å². The van der Waals surface area contributed by atoms with Gasteiger partial charge in [0.15, 0.2) is 6.04 Å². The van der Waals surface area contributed by atoms with Gasteiger partial charge in [0.05, 0.1) is 15.9 Å². The number of amides is 4. The fourth-order valence-corrected chi connectivity index (χ4v) is 2.12. The van der Waals surface area contributed by atoms with Gasteiger partial charge in [0.2, 0.25) is 0 Å². The smallest absolute Gasteiger partial charge is 0.319 e. The molecule has 2 atom stereocenters. The van der Waals surface area contributed by atoms with E-state index in [1.807, 2.05) is 10.6 Å².